The normalized spacial score (nSPS) is 18.5. The van der Waals surface area contributed by atoms with Crippen LogP contribution in [0.4, 0.5) is 0 Å². The summed E-state index contributed by atoms with van der Waals surface area (Å²) >= 11 is 0. The fourth-order valence-electron chi connectivity index (χ4n) is 4.21. The highest BCUT2D eigenvalue weighted by Crippen LogP contribution is 2.33. The molecule has 3 atom stereocenters. The van der Waals surface area contributed by atoms with Crippen LogP contribution in [0, 0.1) is 5.92 Å². The topological polar surface area (TPSA) is 80.7 Å². The van der Waals surface area contributed by atoms with E-state index in [1.807, 2.05) is 37.3 Å². The lowest BCUT2D eigenvalue weighted by molar-refractivity contribution is -0.143. The maximum Gasteiger partial charge on any atom is 0.305 e. The number of carbonyl (C=O) groups is 2. The van der Waals surface area contributed by atoms with Gasteiger partial charge in [-0.1, -0.05) is 88.0 Å². The molecule has 1 aliphatic carbocycles. The lowest BCUT2D eigenvalue weighted by atomic mass is 9.98. The van der Waals surface area contributed by atoms with E-state index in [4.69, 9.17) is 4.74 Å². The molecule has 2 rings (SSSR count). The average Bonchev–Trinajstić information content (AvgIpc) is 3.19. The molecule has 5 nitrogen and oxygen atoms in total. The Labute approximate surface area is 219 Å². The Bertz CT molecular complexity index is 932. The summed E-state index contributed by atoms with van der Waals surface area (Å²) in [6.45, 7) is 4.37. The molecule has 0 radical (unpaired) electrons. The van der Waals surface area contributed by atoms with E-state index in [2.05, 4.69) is 6.92 Å². The van der Waals surface area contributed by atoms with Crippen LogP contribution >= 0.6 is 0 Å². The second-order valence-corrected chi connectivity index (χ2v) is 10.6. The maximum absolute atomic E-state index is 13.2. The van der Waals surface area contributed by atoms with E-state index in [1.54, 1.807) is 24.3 Å². The Morgan fingerprint density at radius 1 is 1.06 bits per heavy atom. The van der Waals surface area contributed by atoms with Crippen LogP contribution in [0.3, 0.4) is 0 Å². The van der Waals surface area contributed by atoms with E-state index >= 15 is 0 Å². The smallest absolute Gasteiger partial charge is 0.305 e. The minimum Gasteiger partial charge on any atom is -0.466 e. The Balaban J connectivity index is 1.97. The second kappa shape index (κ2) is 17.2. The number of ketones is 1. The largest absolute Gasteiger partial charge is 0.466 e. The highest BCUT2D eigenvalue weighted by atomic mass is 32.2. The Kier molecular flexibility index (Phi) is 14.3. The van der Waals surface area contributed by atoms with Gasteiger partial charge >= 0.3 is 5.97 Å². The van der Waals surface area contributed by atoms with E-state index in [0.29, 0.717) is 34.8 Å². The Hall–Kier alpha value is -2.31. The van der Waals surface area contributed by atoms with Crippen molar-refractivity contribution in [2.45, 2.75) is 95.5 Å². The van der Waals surface area contributed by atoms with Gasteiger partial charge < -0.3 is 9.84 Å². The molecule has 0 saturated heterocycles. The molecule has 1 aliphatic rings. The van der Waals surface area contributed by atoms with Gasteiger partial charge in [0.25, 0.3) is 0 Å². The van der Waals surface area contributed by atoms with Gasteiger partial charge in [-0.3, -0.25) is 9.59 Å². The molecule has 0 aromatic heterocycles. The predicted molar refractivity (Wildman–Crippen MR) is 146 cm³/mol. The fourth-order valence-corrected chi connectivity index (χ4v) is 5.42. The molecule has 0 spiro atoms. The number of rotatable bonds is 17. The summed E-state index contributed by atoms with van der Waals surface area (Å²) in [7, 11) is -1.53. The van der Waals surface area contributed by atoms with E-state index < -0.39 is 16.9 Å². The second-order valence-electron chi connectivity index (χ2n) is 9.19. The third-order valence-electron chi connectivity index (χ3n) is 6.23. The van der Waals surface area contributed by atoms with Gasteiger partial charge in [0.2, 0.25) is 0 Å². The number of hydrogen-bond donors (Lipinski definition) is 1. The molecule has 0 saturated carbocycles. The van der Waals surface area contributed by atoms with Gasteiger partial charge in [0.1, 0.15) is 0 Å². The van der Waals surface area contributed by atoms with Crippen molar-refractivity contribution in [3.63, 3.8) is 0 Å². The number of Topliss-reactive ketones (excluding diaryl/α,β-unsaturated/α-hetero) is 1. The lowest BCUT2D eigenvalue weighted by Gasteiger charge is -2.08. The minimum atomic E-state index is -1.53. The quantitative estimate of drug-likeness (QED) is 0.110. The number of allylic oxidation sites excluding steroid dienone is 5. The van der Waals surface area contributed by atoms with Crippen molar-refractivity contribution in [2.75, 3.05) is 6.61 Å². The number of benzene rings is 1. The molecule has 6 heteroatoms. The summed E-state index contributed by atoms with van der Waals surface area (Å²) < 4.78 is 18.1. The molecule has 0 amide bonds. The SMILES string of the molecule is CCCCCC(O)/C=C/C1C=C(S(=O)c2ccccc2)C(=O)/C1=C\CCCCCCCC(=O)OCC. The summed E-state index contributed by atoms with van der Waals surface area (Å²) in [4.78, 5) is 25.6. The van der Waals surface area contributed by atoms with E-state index in [1.165, 1.54) is 0 Å². The Morgan fingerprint density at radius 3 is 2.50 bits per heavy atom. The van der Waals surface area contributed by atoms with Crippen LogP contribution in [-0.2, 0) is 25.1 Å². The summed E-state index contributed by atoms with van der Waals surface area (Å²) in [5.74, 6) is -0.569. The fraction of sp³-hybridized carbons (Fsp3) is 0.533. The first-order valence-electron chi connectivity index (χ1n) is 13.4. The van der Waals surface area contributed by atoms with Crippen LogP contribution in [0.2, 0.25) is 0 Å². The van der Waals surface area contributed by atoms with Gasteiger partial charge in [0, 0.05) is 22.8 Å². The van der Waals surface area contributed by atoms with Crippen LogP contribution in [0.5, 0.6) is 0 Å². The number of unbranched alkanes of at least 4 members (excludes halogenated alkanes) is 7. The van der Waals surface area contributed by atoms with Gasteiger partial charge in [-0.25, -0.2) is 4.21 Å². The van der Waals surface area contributed by atoms with Crippen LogP contribution in [0.15, 0.2) is 70.0 Å². The van der Waals surface area contributed by atoms with Crippen molar-refractivity contribution < 1.29 is 23.6 Å². The van der Waals surface area contributed by atoms with E-state index in [9.17, 15) is 18.9 Å². The molecule has 0 bridgehead atoms. The molecule has 1 aromatic rings. The average molecular weight is 515 g/mol. The van der Waals surface area contributed by atoms with Crippen LogP contribution in [-0.4, -0.2) is 33.8 Å². The molecule has 1 N–H and O–H groups in total. The van der Waals surface area contributed by atoms with Crippen LogP contribution in [0.25, 0.3) is 0 Å². The number of hydrogen-bond acceptors (Lipinski definition) is 5. The molecule has 3 unspecified atom stereocenters. The first-order valence-corrected chi connectivity index (χ1v) is 14.6. The highest BCUT2D eigenvalue weighted by Gasteiger charge is 2.32. The zero-order chi connectivity index (χ0) is 26.2. The van der Waals surface area contributed by atoms with Crippen molar-refractivity contribution in [1.82, 2.24) is 0 Å². The monoisotopic (exact) mass is 514 g/mol. The number of aliphatic hydroxyl groups is 1. The van der Waals surface area contributed by atoms with Gasteiger partial charge in [-0.15, -0.1) is 0 Å². The van der Waals surface area contributed by atoms with Crippen molar-refractivity contribution in [3.05, 3.63) is 65.1 Å². The third-order valence-corrected chi connectivity index (χ3v) is 7.65. The molecular weight excluding hydrogens is 472 g/mol. The van der Waals surface area contributed by atoms with E-state index in [0.717, 1.165) is 57.8 Å². The molecule has 0 aliphatic heterocycles. The molecule has 0 fully saturated rings. The lowest BCUT2D eigenvalue weighted by Crippen LogP contribution is -2.08. The first-order chi connectivity index (χ1) is 17.5. The highest BCUT2D eigenvalue weighted by molar-refractivity contribution is 7.90. The van der Waals surface area contributed by atoms with Crippen molar-refractivity contribution in [1.29, 1.82) is 0 Å². The number of esters is 1. The zero-order valence-corrected chi connectivity index (χ0v) is 22.6. The molecule has 198 valence electrons. The zero-order valence-electron chi connectivity index (χ0n) is 21.8. The Morgan fingerprint density at radius 2 is 1.78 bits per heavy atom. The molecular formula is C30H42O5S. The molecule has 0 heterocycles. The predicted octanol–water partition coefficient (Wildman–Crippen LogP) is 6.59. The minimum absolute atomic E-state index is 0.132. The van der Waals surface area contributed by atoms with Gasteiger partial charge in [-0.2, -0.15) is 0 Å². The molecule has 1 aromatic carbocycles. The first kappa shape index (κ1) is 29.9. The molecule has 36 heavy (non-hydrogen) atoms. The summed E-state index contributed by atoms with van der Waals surface area (Å²) in [5, 5.41) is 10.3. The maximum atomic E-state index is 13.2. The van der Waals surface area contributed by atoms with Crippen LogP contribution < -0.4 is 0 Å². The summed E-state index contributed by atoms with van der Waals surface area (Å²) in [5.41, 5.74) is 0.647. The van der Waals surface area contributed by atoms with Crippen molar-refractivity contribution in [2.24, 2.45) is 5.92 Å². The van der Waals surface area contributed by atoms with Gasteiger partial charge in [0.15, 0.2) is 5.78 Å². The standard InChI is InChI=1S/C30H42O5S/c1-3-5-11-16-25(31)22-21-24-23-28(36(34)26-17-12-10-13-18-26)30(33)27(24)19-14-8-6-7-9-15-20-29(32)35-4-2/h10,12-13,17-19,21-25,31H,3-9,11,14-16,20H2,1-2H3/b22-21+,27-19-. The summed E-state index contributed by atoms with van der Waals surface area (Å²) in [6.07, 6.45) is 16.8. The van der Waals surface area contributed by atoms with E-state index in [-0.39, 0.29) is 17.7 Å². The van der Waals surface area contributed by atoms with Crippen molar-refractivity contribution in [3.8, 4) is 0 Å². The number of carbonyl (C=O) groups excluding carboxylic acids is 2. The van der Waals surface area contributed by atoms with Gasteiger partial charge in [-0.05, 0) is 44.7 Å². The third kappa shape index (κ3) is 10.4. The summed E-state index contributed by atoms with van der Waals surface area (Å²) in [6, 6.07) is 9.05. The van der Waals surface area contributed by atoms with Crippen LogP contribution in [0.1, 0.15) is 84.5 Å². The number of aliphatic hydroxyl groups excluding tert-OH is 1. The van der Waals surface area contributed by atoms with Crippen molar-refractivity contribution >= 4 is 22.6 Å². The number of ether oxygens (including phenoxy) is 1. The van der Waals surface area contributed by atoms with Gasteiger partial charge in [0.05, 0.1) is 28.4 Å².